The number of anilines is 1. The molecule has 0 aliphatic heterocycles. The van der Waals surface area contributed by atoms with E-state index in [1.807, 2.05) is 25.3 Å². The van der Waals surface area contributed by atoms with E-state index in [-0.39, 0.29) is 11.9 Å². The quantitative estimate of drug-likeness (QED) is 0.289. The largest absolute Gasteiger partial charge is 0.469 e. The summed E-state index contributed by atoms with van der Waals surface area (Å²) in [7, 11) is 3.41. The number of methoxy groups -OCH3 is 1. The molecule has 0 amide bonds. The van der Waals surface area contributed by atoms with Gasteiger partial charge in [0.25, 0.3) is 0 Å². The average Bonchev–Trinajstić information content (AvgIpc) is 3.41. The van der Waals surface area contributed by atoms with Gasteiger partial charge in [-0.15, -0.1) is 11.3 Å². The van der Waals surface area contributed by atoms with Crippen LogP contribution in [0.5, 0.6) is 0 Å². The topological polar surface area (TPSA) is 38.3 Å². The summed E-state index contributed by atoms with van der Waals surface area (Å²) in [6.45, 7) is 15.0. The molecule has 4 heteroatoms. The lowest BCUT2D eigenvalue weighted by Crippen LogP contribution is -2.21. The maximum absolute atomic E-state index is 12.9. The Kier molecular flexibility index (Phi) is 11.1. The van der Waals surface area contributed by atoms with E-state index < -0.39 is 0 Å². The molecule has 1 N–H and O–H groups in total. The molecule has 3 nitrogen and oxygen atoms in total. The number of hydrogen-bond donors (Lipinski definition) is 1. The van der Waals surface area contributed by atoms with E-state index in [1.165, 1.54) is 47.3 Å². The van der Waals surface area contributed by atoms with Crippen molar-refractivity contribution < 1.29 is 9.53 Å². The van der Waals surface area contributed by atoms with Crippen LogP contribution in [0.3, 0.4) is 0 Å². The number of fused-ring (bicyclic) bond motifs is 1. The third-order valence-corrected chi connectivity index (χ3v) is 7.66. The van der Waals surface area contributed by atoms with E-state index in [2.05, 4.69) is 63.9 Å². The fraction of sp³-hybridized carbons (Fsp3) is 0.500. The number of unbranched alkanes of at least 4 members (excludes halogenated alkanes) is 1. The van der Waals surface area contributed by atoms with Crippen LogP contribution in [0.1, 0.15) is 86.2 Å². The first-order chi connectivity index (χ1) is 16.3. The van der Waals surface area contributed by atoms with Crippen LogP contribution in [-0.2, 0) is 22.4 Å². The molecule has 2 aromatic rings. The van der Waals surface area contributed by atoms with Gasteiger partial charge < -0.3 is 10.1 Å². The molecule has 1 aliphatic carbocycles. The zero-order chi connectivity index (χ0) is 25.3. The number of thiophene rings is 1. The molecule has 1 atom stereocenters. The van der Waals surface area contributed by atoms with Gasteiger partial charge in [-0.3, -0.25) is 4.79 Å². The molecule has 1 aliphatic rings. The molecule has 1 unspecified atom stereocenters. The summed E-state index contributed by atoms with van der Waals surface area (Å²) in [6, 6.07) is 8.51. The first-order valence-electron chi connectivity index (χ1n) is 12.7. The van der Waals surface area contributed by atoms with Gasteiger partial charge in [-0.25, -0.2) is 0 Å². The van der Waals surface area contributed by atoms with Crippen LogP contribution in [0.15, 0.2) is 42.0 Å². The normalized spacial score (nSPS) is 13.9. The van der Waals surface area contributed by atoms with Crippen LogP contribution < -0.4 is 5.32 Å². The molecule has 0 saturated heterocycles. The van der Waals surface area contributed by atoms with Gasteiger partial charge in [0.2, 0.25) is 0 Å². The molecule has 0 bridgehead atoms. The zero-order valence-electron chi connectivity index (χ0n) is 22.3. The average molecular weight is 482 g/mol. The first kappa shape index (κ1) is 27.9. The molecule has 1 heterocycles. The lowest BCUT2D eigenvalue weighted by atomic mass is 9.80. The molecule has 3 rings (SSSR count). The predicted octanol–water partition coefficient (Wildman–Crippen LogP) is 8.36. The second-order valence-electron chi connectivity index (χ2n) is 9.05. The SMILES string of the molecule is C=C(C)/C(=C(/c1ccc(NC)cc1)c1c(C)sc2c1CCC2)C(CCC)C(=O)OC.CCCC. The monoisotopic (exact) mass is 481 g/mol. The highest BCUT2D eigenvalue weighted by molar-refractivity contribution is 7.12. The van der Waals surface area contributed by atoms with Gasteiger partial charge in [0, 0.05) is 22.5 Å². The van der Waals surface area contributed by atoms with Crippen molar-refractivity contribution in [3.05, 3.63) is 68.4 Å². The number of allylic oxidation sites excluding steroid dienone is 1. The summed E-state index contributed by atoms with van der Waals surface area (Å²) in [4.78, 5) is 15.7. The summed E-state index contributed by atoms with van der Waals surface area (Å²) < 4.78 is 5.24. The Balaban J connectivity index is 0.000000945. The molecule has 0 fully saturated rings. The van der Waals surface area contributed by atoms with E-state index >= 15 is 0 Å². The Morgan fingerprint density at radius 1 is 1.12 bits per heavy atom. The summed E-state index contributed by atoms with van der Waals surface area (Å²) in [5.41, 5.74) is 8.09. The Morgan fingerprint density at radius 2 is 1.76 bits per heavy atom. The van der Waals surface area contributed by atoms with Crippen molar-refractivity contribution in [3.8, 4) is 0 Å². The van der Waals surface area contributed by atoms with E-state index in [9.17, 15) is 4.79 Å². The number of hydrogen-bond acceptors (Lipinski definition) is 4. The summed E-state index contributed by atoms with van der Waals surface area (Å²) in [5, 5.41) is 3.20. The lowest BCUT2D eigenvalue weighted by Gasteiger charge is -2.24. The van der Waals surface area contributed by atoms with E-state index in [1.54, 1.807) is 0 Å². The number of esters is 1. The van der Waals surface area contributed by atoms with Gasteiger partial charge in [0.1, 0.15) is 0 Å². The highest BCUT2D eigenvalue weighted by atomic mass is 32.1. The van der Waals surface area contributed by atoms with Gasteiger partial charge in [0.05, 0.1) is 13.0 Å². The van der Waals surface area contributed by atoms with Crippen LogP contribution >= 0.6 is 11.3 Å². The van der Waals surface area contributed by atoms with Gasteiger partial charge >= 0.3 is 5.97 Å². The van der Waals surface area contributed by atoms with Gasteiger partial charge in [-0.05, 0) is 79.5 Å². The van der Waals surface area contributed by atoms with Crippen LogP contribution in [0.4, 0.5) is 5.69 Å². The van der Waals surface area contributed by atoms with Crippen molar-refractivity contribution >= 4 is 28.6 Å². The van der Waals surface area contributed by atoms with Gasteiger partial charge in [0.15, 0.2) is 0 Å². The third kappa shape index (κ3) is 6.41. The maximum atomic E-state index is 12.9. The van der Waals surface area contributed by atoms with Crippen LogP contribution in [0, 0.1) is 12.8 Å². The molecule has 0 radical (unpaired) electrons. The fourth-order valence-corrected chi connectivity index (χ4v) is 5.87. The maximum Gasteiger partial charge on any atom is 0.313 e. The van der Waals surface area contributed by atoms with E-state index in [0.717, 1.165) is 53.7 Å². The van der Waals surface area contributed by atoms with Crippen molar-refractivity contribution in [3.63, 3.8) is 0 Å². The standard InChI is InChI=1S/C26H33NO2S.C4H10/c1-7-9-21(26(28)29-6)23(16(2)3)25(18-12-14-19(27-5)15-13-18)24-17(4)30-22-11-8-10-20(22)24;1-3-4-2/h12-15,21,27H,2,7-11H2,1,3-6H3;3-4H2,1-2H3/b25-23+;. The smallest absolute Gasteiger partial charge is 0.313 e. The Bertz CT molecular complexity index is 996. The molecule has 34 heavy (non-hydrogen) atoms. The minimum atomic E-state index is -0.312. The molecule has 186 valence electrons. The van der Waals surface area contributed by atoms with E-state index in [0.29, 0.717) is 0 Å². The number of carbonyl (C=O) groups excluding carboxylic acids is 1. The Morgan fingerprint density at radius 3 is 2.26 bits per heavy atom. The fourth-order valence-electron chi connectivity index (χ4n) is 4.60. The number of nitrogens with one attached hydrogen (secondary N) is 1. The number of ether oxygens (including phenoxy) is 1. The first-order valence-corrected chi connectivity index (χ1v) is 13.5. The second kappa shape index (κ2) is 13.5. The minimum absolute atomic E-state index is 0.177. The molecular formula is C30H43NO2S. The van der Waals surface area contributed by atoms with Crippen molar-refractivity contribution in [2.75, 3.05) is 19.5 Å². The van der Waals surface area contributed by atoms with Crippen LogP contribution in [0.25, 0.3) is 5.57 Å². The van der Waals surface area contributed by atoms with Crippen LogP contribution in [0.2, 0.25) is 0 Å². The zero-order valence-corrected chi connectivity index (χ0v) is 23.1. The summed E-state index contributed by atoms with van der Waals surface area (Å²) in [6.07, 6.45) is 7.76. The highest BCUT2D eigenvalue weighted by Crippen LogP contribution is 2.45. The van der Waals surface area contributed by atoms with Gasteiger partial charge in [-0.2, -0.15) is 0 Å². The minimum Gasteiger partial charge on any atom is -0.469 e. The number of aryl methyl sites for hydroxylation is 2. The number of benzene rings is 1. The molecule has 0 spiro atoms. The summed E-state index contributed by atoms with van der Waals surface area (Å²) in [5.74, 6) is -0.489. The van der Waals surface area contributed by atoms with Crippen LogP contribution in [-0.4, -0.2) is 20.1 Å². The third-order valence-electron chi connectivity index (χ3n) is 6.45. The summed E-state index contributed by atoms with van der Waals surface area (Å²) >= 11 is 1.91. The Labute approximate surface area is 211 Å². The molecule has 1 aromatic heterocycles. The Hall–Kier alpha value is -2.33. The van der Waals surface area contributed by atoms with Crippen molar-refractivity contribution in [1.29, 1.82) is 0 Å². The van der Waals surface area contributed by atoms with Crippen molar-refractivity contribution in [2.45, 2.75) is 79.6 Å². The molecule has 1 aromatic carbocycles. The second-order valence-corrected chi connectivity index (χ2v) is 10.4. The lowest BCUT2D eigenvalue weighted by molar-refractivity contribution is -0.144. The van der Waals surface area contributed by atoms with Crippen molar-refractivity contribution in [2.24, 2.45) is 5.92 Å². The molecular weight excluding hydrogens is 438 g/mol. The number of rotatable bonds is 9. The van der Waals surface area contributed by atoms with Gasteiger partial charge in [-0.1, -0.05) is 64.3 Å². The predicted molar refractivity (Wildman–Crippen MR) is 149 cm³/mol. The number of carbonyl (C=O) groups is 1. The van der Waals surface area contributed by atoms with Crippen molar-refractivity contribution in [1.82, 2.24) is 0 Å². The molecule has 0 saturated carbocycles. The van der Waals surface area contributed by atoms with E-state index in [4.69, 9.17) is 4.74 Å². The highest BCUT2D eigenvalue weighted by Gasteiger charge is 2.31.